The maximum Gasteiger partial charge on any atom is 0.315 e. The average molecular weight is 356 g/mol. The summed E-state index contributed by atoms with van der Waals surface area (Å²) in [4.78, 5) is 12.7. The molecule has 4 fully saturated rings. The molecule has 1 aromatic carbocycles. The zero-order valence-electron chi connectivity index (χ0n) is 15.4. The Morgan fingerprint density at radius 2 is 1.65 bits per heavy atom. The molecule has 1 aliphatic heterocycles. The molecule has 5 nitrogen and oxygen atoms in total. The summed E-state index contributed by atoms with van der Waals surface area (Å²) in [6, 6.07) is 5.81. The van der Waals surface area contributed by atoms with Crippen LogP contribution < -0.4 is 20.1 Å². The van der Waals surface area contributed by atoms with Crippen molar-refractivity contribution in [2.24, 2.45) is 17.8 Å². The molecule has 4 aliphatic carbocycles. The van der Waals surface area contributed by atoms with E-state index in [4.69, 9.17) is 9.47 Å². The van der Waals surface area contributed by atoms with Gasteiger partial charge < -0.3 is 20.1 Å². The molecule has 6 rings (SSSR count). The standard InChI is InChI=1S/C21H28N2O3/c1-13(17-2-3-18-19(9-17)26-5-4-25-18)22-20(24)23-21-10-14-6-15(11-21)8-16(7-14)12-21/h2-3,9,13-16H,4-8,10-12H2,1H3,(H2,22,23,24). The summed E-state index contributed by atoms with van der Waals surface area (Å²) in [6.45, 7) is 3.18. The molecule has 2 amide bonds. The monoisotopic (exact) mass is 356 g/mol. The van der Waals surface area contributed by atoms with Gasteiger partial charge in [-0.1, -0.05) is 6.07 Å². The third-order valence-corrected chi connectivity index (χ3v) is 6.83. The van der Waals surface area contributed by atoms with Crippen LogP contribution in [-0.4, -0.2) is 24.8 Å². The Hall–Kier alpha value is -1.91. The molecule has 5 aliphatic rings. The van der Waals surface area contributed by atoms with Gasteiger partial charge in [-0.2, -0.15) is 0 Å². The van der Waals surface area contributed by atoms with Gasteiger partial charge in [-0.3, -0.25) is 0 Å². The second kappa shape index (κ2) is 6.07. The lowest BCUT2D eigenvalue weighted by Gasteiger charge is -2.56. The Morgan fingerprint density at radius 1 is 1.04 bits per heavy atom. The van der Waals surface area contributed by atoms with Crippen LogP contribution in [0.4, 0.5) is 4.79 Å². The van der Waals surface area contributed by atoms with Crippen molar-refractivity contribution in [3.05, 3.63) is 23.8 Å². The van der Waals surface area contributed by atoms with E-state index in [-0.39, 0.29) is 17.6 Å². The molecule has 0 saturated heterocycles. The van der Waals surface area contributed by atoms with Crippen molar-refractivity contribution in [2.75, 3.05) is 13.2 Å². The van der Waals surface area contributed by atoms with Crippen molar-refractivity contribution in [1.29, 1.82) is 0 Å². The van der Waals surface area contributed by atoms with Crippen LogP contribution in [0.2, 0.25) is 0 Å². The van der Waals surface area contributed by atoms with Gasteiger partial charge in [0.05, 0.1) is 6.04 Å². The summed E-state index contributed by atoms with van der Waals surface area (Å²) < 4.78 is 11.2. The Labute approximate surface area is 154 Å². The van der Waals surface area contributed by atoms with E-state index in [1.807, 2.05) is 25.1 Å². The second-order valence-electron chi connectivity index (χ2n) is 8.92. The number of carbonyl (C=O) groups excluding carboxylic acids is 1. The average Bonchev–Trinajstić information content (AvgIpc) is 2.59. The fourth-order valence-corrected chi connectivity index (χ4v) is 6.15. The first kappa shape index (κ1) is 16.3. The van der Waals surface area contributed by atoms with Gasteiger partial charge in [0.1, 0.15) is 13.2 Å². The van der Waals surface area contributed by atoms with E-state index < -0.39 is 0 Å². The van der Waals surface area contributed by atoms with Crippen LogP contribution in [0, 0.1) is 17.8 Å². The first-order chi connectivity index (χ1) is 12.6. The van der Waals surface area contributed by atoms with Crippen molar-refractivity contribution in [1.82, 2.24) is 10.6 Å². The molecule has 0 radical (unpaired) electrons. The number of fused-ring (bicyclic) bond motifs is 1. The predicted octanol–water partition coefficient (Wildman–Crippen LogP) is 3.79. The Morgan fingerprint density at radius 3 is 2.31 bits per heavy atom. The van der Waals surface area contributed by atoms with Gasteiger partial charge in [0.25, 0.3) is 0 Å². The van der Waals surface area contributed by atoms with Crippen molar-refractivity contribution < 1.29 is 14.3 Å². The van der Waals surface area contributed by atoms with Gasteiger partial charge in [0.15, 0.2) is 11.5 Å². The second-order valence-corrected chi connectivity index (χ2v) is 8.92. The highest BCUT2D eigenvalue weighted by Gasteiger charge is 2.51. The molecule has 0 aromatic heterocycles. The Kier molecular flexibility index (Phi) is 3.80. The lowest BCUT2D eigenvalue weighted by molar-refractivity contribution is -0.0136. The highest BCUT2D eigenvalue weighted by Crippen LogP contribution is 2.55. The van der Waals surface area contributed by atoms with Crippen LogP contribution in [0.25, 0.3) is 0 Å². The minimum atomic E-state index is -0.0697. The molecule has 1 unspecified atom stereocenters. The summed E-state index contributed by atoms with van der Waals surface area (Å²) in [7, 11) is 0. The minimum absolute atomic E-state index is 0.0330. The first-order valence-corrected chi connectivity index (χ1v) is 10.1. The van der Waals surface area contributed by atoms with Gasteiger partial charge in [-0.05, 0) is 80.9 Å². The zero-order chi connectivity index (χ0) is 17.7. The number of ether oxygens (including phenoxy) is 2. The third kappa shape index (κ3) is 2.91. The number of hydrogen-bond donors (Lipinski definition) is 2. The summed E-state index contributed by atoms with van der Waals surface area (Å²) in [5.74, 6) is 4.04. The van der Waals surface area contributed by atoms with E-state index >= 15 is 0 Å². The number of nitrogens with one attached hydrogen (secondary N) is 2. The van der Waals surface area contributed by atoms with E-state index in [0.29, 0.717) is 13.2 Å². The molecule has 1 aromatic rings. The number of rotatable bonds is 3. The van der Waals surface area contributed by atoms with E-state index in [1.165, 1.54) is 38.5 Å². The maximum atomic E-state index is 12.7. The molecule has 4 bridgehead atoms. The van der Waals surface area contributed by atoms with Crippen LogP contribution >= 0.6 is 0 Å². The lowest BCUT2D eigenvalue weighted by atomic mass is 9.53. The lowest BCUT2D eigenvalue weighted by Crippen LogP contribution is -2.61. The van der Waals surface area contributed by atoms with Crippen LogP contribution in [0.5, 0.6) is 11.5 Å². The SMILES string of the molecule is CC(NC(=O)NC12CC3CC(CC(C3)C1)C2)c1ccc2c(c1)OCCO2. The highest BCUT2D eigenvalue weighted by atomic mass is 16.6. The third-order valence-electron chi connectivity index (χ3n) is 6.83. The number of carbonyl (C=O) groups is 1. The molecule has 140 valence electrons. The predicted molar refractivity (Wildman–Crippen MR) is 98.4 cm³/mol. The Bertz CT molecular complexity index is 682. The maximum absolute atomic E-state index is 12.7. The van der Waals surface area contributed by atoms with Crippen molar-refractivity contribution in [3.63, 3.8) is 0 Å². The summed E-state index contributed by atoms with van der Waals surface area (Å²) in [5.41, 5.74) is 1.08. The zero-order valence-corrected chi connectivity index (χ0v) is 15.4. The fourth-order valence-electron chi connectivity index (χ4n) is 6.15. The van der Waals surface area contributed by atoms with Crippen molar-refractivity contribution in [2.45, 2.75) is 57.0 Å². The summed E-state index contributed by atoms with van der Waals surface area (Å²) in [5, 5.41) is 6.51. The van der Waals surface area contributed by atoms with E-state index in [0.717, 1.165) is 34.8 Å². The molecule has 26 heavy (non-hydrogen) atoms. The molecule has 0 spiro atoms. The van der Waals surface area contributed by atoms with E-state index in [1.54, 1.807) is 0 Å². The van der Waals surface area contributed by atoms with Gasteiger partial charge in [0.2, 0.25) is 0 Å². The number of amides is 2. The summed E-state index contributed by atoms with van der Waals surface area (Å²) in [6.07, 6.45) is 7.67. The normalized spacial score (nSPS) is 35.0. The summed E-state index contributed by atoms with van der Waals surface area (Å²) >= 11 is 0. The number of urea groups is 1. The number of hydrogen-bond acceptors (Lipinski definition) is 3. The molecular formula is C21H28N2O3. The van der Waals surface area contributed by atoms with Crippen molar-refractivity contribution in [3.8, 4) is 11.5 Å². The van der Waals surface area contributed by atoms with E-state index in [9.17, 15) is 4.79 Å². The molecule has 5 heteroatoms. The van der Waals surface area contributed by atoms with Crippen LogP contribution in [0.15, 0.2) is 18.2 Å². The molecular weight excluding hydrogens is 328 g/mol. The highest BCUT2D eigenvalue weighted by molar-refractivity contribution is 5.75. The van der Waals surface area contributed by atoms with Crippen LogP contribution in [0.3, 0.4) is 0 Å². The number of benzene rings is 1. The molecule has 1 heterocycles. The van der Waals surface area contributed by atoms with Gasteiger partial charge in [0, 0.05) is 5.54 Å². The van der Waals surface area contributed by atoms with E-state index in [2.05, 4.69) is 10.6 Å². The van der Waals surface area contributed by atoms with Gasteiger partial charge in [-0.15, -0.1) is 0 Å². The van der Waals surface area contributed by atoms with Crippen molar-refractivity contribution >= 4 is 6.03 Å². The smallest absolute Gasteiger partial charge is 0.315 e. The topological polar surface area (TPSA) is 59.6 Å². The molecule has 4 saturated carbocycles. The van der Waals surface area contributed by atoms with Crippen LogP contribution in [-0.2, 0) is 0 Å². The first-order valence-electron chi connectivity index (χ1n) is 10.1. The van der Waals surface area contributed by atoms with Crippen LogP contribution in [0.1, 0.15) is 57.1 Å². The molecule has 2 N–H and O–H groups in total. The quantitative estimate of drug-likeness (QED) is 0.866. The minimum Gasteiger partial charge on any atom is -0.486 e. The molecule has 1 atom stereocenters. The van der Waals surface area contributed by atoms with Gasteiger partial charge >= 0.3 is 6.03 Å². The Balaban J connectivity index is 1.24. The fraction of sp³-hybridized carbons (Fsp3) is 0.667. The largest absolute Gasteiger partial charge is 0.486 e. The van der Waals surface area contributed by atoms with Gasteiger partial charge in [-0.25, -0.2) is 4.79 Å².